The van der Waals surface area contributed by atoms with Gasteiger partial charge in [0.1, 0.15) is 5.75 Å². The third-order valence-corrected chi connectivity index (χ3v) is 5.46. The summed E-state index contributed by atoms with van der Waals surface area (Å²) in [7, 11) is 0. The topological polar surface area (TPSA) is 35.0 Å². The van der Waals surface area contributed by atoms with E-state index in [-0.39, 0.29) is 0 Å². The average Bonchev–Trinajstić information content (AvgIpc) is 2.79. The maximum atomic E-state index is 5.73. The summed E-state index contributed by atoms with van der Waals surface area (Å²) < 4.78 is 5.73. The Balaban J connectivity index is 1.62. The molecule has 1 heterocycles. The number of unbranched alkanes of at least 4 members (excludes halogenated alkanes) is 10. The highest BCUT2D eigenvalue weighted by molar-refractivity contribution is 5.55. The Kier molecular flexibility index (Phi) is 12.6. The molecule has 0 amide bonds. The maximum absolute atomic E-state index is 5.73. The van der Waals surface area contributed by atoms with Crippen molar-refractivity contribution in [2.75, 3.05) is 6.61 Å². The largest absolute Gasteiger partial charge is 0.494 e. The van der Waals surface area contributed by atoms with Gasteiger partial charge in [-0.05, 0) is 55.5 Å². The number of hydrogen-bond acceptors (Lipinski definition) is 3. The number of aromatic nitrogens is 2. The second-order valence-corrected chi connectivity index (χ2v) is 8.15. The molecule has 0 saturated carbocycles. The summed E-state index contributed by atoms with van der Waals surface area (Å²) in [6.45, 7) is 6.72. The smallest absolute Gasteiger partial charge is 0.159 e. The molecule has 0 aliphatic carbocycles. The van der Waals surface area contributed by atoms with Gasteiger partial charge in [-0.1, -0.05) is 70.8 Å². The summed E-state index contributed by atoms with van der Waals surface area (Å²) in [6, 6.07) is 8.04. The Labute approximate surface area is 184 Å². The normalized spacial score (nSPS) is 10.8. The van der Waals surface area contributed by atoms with Crippen LogP contribution in [0.3, 0.4) is 0 Å². The van der Waals surface area contributed by atoms with Crippen LogP contribution in [0.4, 0.5) is 0 Å². The molecule has 0 bridgehead atoms. The van der Waals surface area contributed by atoms with Gasteiger partial charge in [0.25, 0.3) is 0 Å². The van der Waals surface area contributed by atoms with Crippen LogP contribution in [0, 0.1) is 0 Å². The molecule has 3 nitrogen and oxygen atoms in total. The van der Waals surface area contributed by atoms with E-state index in [2.05, 4.69) is 23.5 Å². The van der Waals surface area contributed by atoms with Crippen LogP contribution >= 0.6 is 0 Å². The van der Waals surface area contributed by atoms with Crippen molar-refractivity contribution in [3.63, 3.8) is 0 Å². The van der Waals surface area contributed by atoms with Gasteiger partial charge in [-0.15, -0.1) is 6.58 Å². The van der Waals surface area contributed by atoms with Crippen molar-refractivity contribution in [2.24, 2.45) is 0 Å². The predicted octanol–water partition coefficient (Wildman–Crippen LogP) is 7.95. The Bertz CT molecular complexity index is 679. The first-order chi connectivity index (χ1) is 14.8. The van der Waals surface area contributed by atoms with Crippen molar-refractivity contribution in [1.29, 1.82) is 0 Å². The van der Waals surface area contributed by atoms with Gasteiger partial charge in [-0.3, -0.25) is 0 Å². The SMILES string of the molecule is C=CCCCOc1ccc(-c2ncc(CCCCCCCCCCCC)cn2)cc1. The molecule has 0 fully saturated rings. The van der Waals surface area contributed by atoms with E-state index in [0.717, 1.165) is 43.0 Å². The van der Waals surface area contributed by atoms with Gasteiger partial charge < -0.3 is 4.74 Å². The molecule has 0 aliphatic rings. The number of nitrogens with zero attached hydrogens (tertiary/aromatic N) is 2. The number of ether oxygens (including phenoxy) is 1. The summed E-state index contributed by atoms with van der Waals surface area (Å²) in [6.07, 6.45) is 22.6. The highest BCUT2D eigenvalue weighted by Gasteiger charge is 2.03. The van der Waals surface area contributed by atoms with Crippen molar-refractivity contribution in [3.05, 3.63) is 54.9 Å². The summed E-state index contributed by atoms with van der Waals surface area (Å²) in [5.74, 6) is 1.67. The molecule has 30 heavy (non-hydrogen) atoms. The van der Waals surface area contributed by atoms with Gasteiger partial charge in [0.2, 0.25) is 0 Å². The molecule has 1 aromatic heterocycles. The average molecular weight is 409 g/mol. The lowest BCUT2D eigenvalue weighted by molar-refractivity contribution is 0.312. The number of benzene rings is 1. The molecule has 164 valence electrons. The van der Waals surface area contributed by atoms with Crippen molar-refractivity contribution >= 4 is 0 Å². The molecule has 2 rings (SSSR count). The van der Waals surface area contributed by atoms with E-state index in [4.69, 9.17) is 4.74 Å². The van der Waals surface area contributed by atoms with E-state index in [0.29, 0.717) is 0 Å². The fourth-order valence-corrected chi connectivity index (χ4v) is 3.57. The quantitative estimate of drug-likeness (QED) is 0.197. The van der Waals surface area contributed by atoms with Crippen LogP contribution in [-0.2, 0) is 6.42 Å². The minimum absolute atomic E-state index is 0.718. The van der Waals surface area contributed by atoms with Crippen LogP contribution in [0.2, 0.25) is 0 Å². The van der Waals surface area contributed by atoms with E-state index in [1.807, 2.05) is 42.7 Å². The zero-order valence-electron chi connectivity index (χ0n) is 19.0. The lowest BCUT2D eigenvalue weighted by Gasteiger charge is -2.07. The Morgan fingerprint density at radius 3 is 2.00 bits per heavy atom. The highest BCUT2D eigenvalue weighted by Crippen LogP contribution is 2.20. The van der Waals surface area contributed by atoms with E-state index in [1.54, 1.807) is 0 Å². The van der Waals surface area contributed by atoms with Crippen molar-refractivity contribution in [1.82, 2.24) is 9.97 Å². The van der Waals surface area contributed by atoms with Gasteiger partial charge in [-0.25, -0.2) is 9.97 Å². The fraction of sp³-hybridized carbons (Fsp3) is 0.556. The lowest BCUT2D eigenvalue weighted by Crippen LogP contribution is -1.97. The van der Waals surface area contributed by atoms with Crippen LogP contribution < -0.4 is 4.74 Å². The second kappa shape index (κ2) is 15.6. The fourth-order valence-electron chi connectivity index (χ4n) is 3.57. The maximum Gasteiger partial charge on any atom is 0.159 e. The van der Waals surface area contributed by atoms with Gasteiger partial charge in [-0.2, -0.15) is 0 Å². The number of hydrogen-bond donors (Lipinski definition) is 0. The molecule has 2 aromatic rings. The zero-order valence-corrected chi connectivity index (χ0v) is 19.0. The first kappa shape index (κ1) is 24.1. The minimum atomic E-state index is 0.718. The summed E-state index contributed by atoms with van der Waals surface area (Å²) in [4.78, 5) is 9.13. The van der Waals surface area contributed by atoms with Gasteiger partial charge in [0, 0.05) is 18.0 Å². The van der Waals surface area contributed by atoms with E-state index in [1.165, 1.54) is 69.8 Å². The van der Waals surface area contributed by atoms with Crippen molar-refractivity contribution in [3.8, 4) is 17.1 Å². The molecular formula is C27H40N2O. The van der Waals surface area contributed by atoms with E-state index in [9.17, 15) is 0 Å². The van der Waals surface area contributed by atoms with E-state index < -0.39 is 0 Å². The van der Waals surface area contributed by atoms with Crippen molar-refractivity contribution < 1.29 is 4.74 Å². The molecule has 3 heteroatoms. The zero-order chi connectivity index (χ0) is 21.3. The monoisotopic (exact) mass is 408 g/mol. The molecule has 0 radical (unpaired) electrons. The van der Waals surface area contributed by atoms with E-state index >= 15 is 0 Å². The second-order valence-electron chi connectivity index (χ2n) is 8.15. The third kappa shape index (κ3) is 10.0. The standard InChI is InChI=1S/C27H40N2O/c1-3-5-7-8-9-10-11-12-13-14-16-24-22-28-27(29-23-24)25-17-19-26(20-18-25)30-21-15-6-4-2/h4,17-20,22-23H,2-3,5-16,21H2,1H3. The first-order valence-corrected chi connectivity index (χ1v) is 12.0. The van der Waals surface area contributed by atoms with Crippen LogP contribution in [0.5, 0.6) is 5.75 Å². The van der Waals surface area contributed by atoms with Crippen LogP contribution in [-0.4, -0.2) is 16.6 Å². The highest BCUT2D eigenvalue weighted by atomic mass is 16.5. The molecule has 0 saturated heterocycles. The van der Waals surface area contributed by atoms with Crippen LogP contribution in [0.1, 0.15) is 89.5 Å². The molecule has 0 spiro atoms. The molecule has 0 unspecified atom stereocenters. The van der Waals surface area contributed by atoms with Gasteiger partial charge in [0.05, 0.1) is 6.61 Å². The Hall–Kier alpha value is -2.16. The van der Waals surface area contributed by atoms with Crippen LogP contribution in [0.25, 0.3) is 11.4 Å². The molecular weight excluding hydrogens is 368 g/mol. The molecule has 0 aliphatic heterocycles. The molecule has 0 N–H and O–H groups in total. The number of allylic oxidation sites excluding steroid dienone is 1. The molecule has 0 atom stereocenters. The summed E-state index contributed by atoms with van der Waals surface area (Å²) >= 11 is 0. The Morgan fingerprint density at radius 2 is 1.40 bits per heavy atom. The van der Waals surface area contributed by atoms with Gasteiger partial charge in [0.15, 0.2) is 5.82 Å². The van der Waals surface area contributed by atoms with Gasteiger partial charge >= 0.3 is 0 Å². The summed E-state index contributed by atoms with van der Waals surface area (Å²) in [5, 5.41) is 0. The minimum Gasteiger partial charge on any atom is -0.494 e. The third-order valence-electron chi connectivity index (χ3n) is 5.46. The summed E-state index contributed by atoms with van der Waals surface area (Å²) in [5.41, 5.74) is 2.26. The van der Waals surface area contributed by atoms with Crippen LogP contribution in [0.15, 0.2) is 49.3 Å². The first-order valence-electron chi connectivity index (χ1n) is 12.0. The van der Waals surface area contributed by atoms with Crippen molar-refractivity contribution in [2.45, 2.75) is 90.4 Å². The number of aryl methyl sites for hydroxylation is 1. The predicted molar refractivity (Wildman–Crippen MR) is 128 cm³/mol. The lowest BCUT2D eigenvalue weighted by atomic mass is 10.0. The Morgan fingerprint density at radius 1 is 0.800 bits per heavy atom. The molecule has 1 aromatic carbocycles. The number of rotatable bonds is 17.